The number of hydrogen-bond donors (Lipinski definition) is 1. The van der Waals surface area contributed by atoms with Crippen LogP contribution in [0.5, 0.6) is 0 Å². The van der Waals surface area contributed by atoms with E-state index in [0.29, 0.717) is 0 Å². The normalized spacial score (nSPS) is 14.4. The zero-order chi connectivity index (χ0) is 11.0. The van der Waals surface area contributed by atoms with Gasteiger partial charge in [-0.3, -0.25) is 0 Å². The number of carbonyl (C=O) groups is 1. The van der Waals surface area contributed by atoms with Crippen LogP contribution in [-0.4, -0.2) is 20.6 Å². The molecule has 0 unspecified atom stereocenters. The van der Waals surface area contributed by atoms with E-state index in [1.807, 2.05) is 13.8 Å². The summed E-state index contributed by atoms with van der Waals surface area (Å²) in [5.41, 5.74) is 1.14. The Labute approximate surface area is 101 Å². The van der Waals surface area contributed by atoms with Crippen LogP contribution >= 0.6 is 12.4 Å². The first-order valence-electron chi connectivity index (χ1n) is 5.44. The summed E-state index contributed by atoms with van der Waals surface area (Å²) >= 11 is 0. The Hall–Kier alpha value is -1.03. The number of carboxylic acids is 1. The molecule has 1 aliphatic rings. The lowest BCUT2D eigenvalue weighted by Crippen LogP contribution is -2.14. The van der Waals surface area contributed by atoms with Gasteiger partial charge in [0.25, 0.3) is 0 Å². The van der Waals surface area contributed by atoms with Crippen molar-refractivity contribution in [1.82, 2.24) is 9.55 Å². The average Bonchev–Trinajstić information content (AvgIpc) is 2.56. The molecule has 0 radical (unpaired) electrons. The van der Waals surface area contributed by atoms with Crippen molar-refractivity contribution in [2.24, 2.45) is 0 Å². The lowest BCUT2D eigenvalue weighted by atomic mass is 10.1. The lowest BCUT2D eigenvalue weighted by molar-refractivity contribution is 0.0689. The lowest BCUT2D eigenvalue weighted by Gasteiger charge is -2.17. The molecule has 16 heavy (non-hydrogen) atoms. The van der Waals surface area contributed by atoms with E-state index in [-0.39, 0.29) is 24.0 Å². The van der Waals surface area contributed by atoms with E-state index in [1.54, 1.807) is 0 Å². The first-order valence-corrected chi connectivity index (χ1v) is 5.44. The Bertz CT molecular complexity index is 399. The molecule has 2 rings (SSSR count). The number of rotatable bonds is 2. The van der Waals surface area contributed by atoms with Crippen molar-refractivity contribution in [3.63, 3.8) is 0 Å². The molecule has 0 spiro atoms. The first kappa shape index (κ1) is 13.0. The van der Waals surface area contributed by atoms with E-state index < -0.39 is 5.97 Å². The fraction of sp³-hybridized carbons (Fsp3) is 0.636. The Kier molecular flexibility index (Phi) is 3.97. The molecule has 0 saturated carbocycles. The molecule has 0 aliphatic carbocycles. The zero-order valence-electron chi connectivity index (χ0n) is 9.56. The standard InChI is InChI=1S/C11H16N2O2.ClH/c1-7(2)10-9(11(14)15)12-8-5-3-4-6-13(8)10;/h7H,3-6H2,1-2H3,(H,14,15);1H. The van der Waals surface area contributed by atoms with Crippen LogP contribution < -0.4 is 0 Å². The van der Waals surface area contributed by atoms with Gasteiger partial charge in [-0.15, -0.1) is 12.4 Å². The number of carboxylic acid groups (broad SMARTS) is 1. The average molecular weight is 245 g/mol. The molecule has 90 valence electrons. The summed E-state index contributed by atoms with van der Waals surface area (Å²) in [5, 5.41) is 9.09. The van der Waals surface area contributed by atoms with Crippen molar-refractivity contribution < 1.29 is 9.90 Å². The number of aromatic nitrogens is 2. The number of fused-ring (bicyclic) bond motifs is 1. The summed E-state index contributed by atoms with van der Waals surface area (Å²) < 4.78 is 2.09. The number of nitrogens with zero attached hydrogens (tertiary/aromatic N) is 2. The molecule has 1 N–H and O–H groups in total. The summed E-state index contributed by atoms with van der Waals surface area (Å²) in [7, 11) is 0. The zero-order valence-corrected chi connectivity index (χ0v) is 10.4. The van der Waals surface area contributed by atoms with Crippen LogP contribution in [0, 0.1) is 0 Å². The SMILES string of the molecule is CC(C)c1c(C(=O)O)nc2n1CCCC2.Cl. The molecule has 0 amide bonds. The van der Waals surface area contributed by atoms with Crippen LogP contribution in [-0.2, 0) is 13.0 Å². The van der Waals surface area contributed by atoms with Gasteiger partial charge in [0.15, 0.2) is 5.69 Å². The fourth-order valence-corrected chi connectivity index (χ4v) is 2.25. The van der Waals surface area contributed by atoms with Crippen LogP contribution in [0.15, 0.2) is 0 Å². The molecule has 0 atom stereocenters. The summed E-state index contributed by atoms with van der Waals surface area (Å²) in [6.45, 7) is 4.96. The van der Waals surface area contributed by atoms with Crippen LogP contribution in [0.4, 0.5) is 0 Å². The van der Waals surface area contributed by atoms with Gasteiger partial charge in [0.05, 0.1) is 5.69 Å². The van der Waals surface area contributed by atoms with Gasteiger partial charge in [-0.2, -0.15) is 0 Å². The molecular weight excluding hydrogens is 228 g/mol. The number of aryl methyl sites for hydroxylation is 1. The molecule has 2 heterocycles. The van der Waals surface area contributed by atoms with Crippen molar-refractivity contribution in [1.29, 1.82) is 0 Å². The predicted molar refractivity (Wildman–Crippen MR) is 63.5 cm³/mol. The quantitative estimate of drug-likeness (QED) is 0.870. The van der Waals surface area contributed by atoms with Crippen LogP contribution in [0.1, 0.15) is 54.6 Å². The third-order valence-electron chi connectivity index (χ3n) is 2.87. The molecule has 0 saturated heterocycles. The van der Waals surface area contributed by atoms with Gasteiger partial charge in [0.1, 0.15) is 5.82 Å². The van der Waals surface area contributed by atoms with Crippen LogP contribution in [0.3, 0.4) is 0 Å². The van der Waals surface area contributed by atoms with Crippen LogP contribution in [0.25, 0.3) is 0 Å². The van der Waals surface area contributed by atoms with Crippen molar-refractivity contribution in [3.8, 4) is 0 Å². The molecule has 1 aromatic heterocycles. The minimum atomic E-state index is -0.902. The highest BCUT2D eigenvalue weighted by atomic mass is 35.5. The van der Waals surface area contributed by atoms with Gasteiger partial charge in [0.2, 0.25) is 0 Å². The Balaban J connectivity index is 0.00000128. The first-order chi connectivity index (χ1) is 7.11. The molecule has 4 nitrogen and oxygen atoms in total. The Morgan fingerprint density at radius 1 is 1.44 bits per heavy atom. The summed E-state index contributed by atoms with van der Waals surface area (Å²) in [6, 6.07) is 0. The maximum Gasteiger partial charge on any atom is 0.356 e. The monoisotopic (exact) mass is 244 g/mol. The smallest absolute Gasteiger partial charge is 0.356 e. The Morgan fingerprint density at radius 2 is 2.12 bits per heavy atom. The third-order valence-corrected chi connectivity index (χ3v) is 2.87. The molecule has 1 aliphatic heterocycles. The number of hydrogen-bond acceptors (Lipinski definition) is 2. The van der Waals surface area contributed by atoms with Gasteiger partial charge in [-0.1, -0.05) is 13.8 Å². The minimum Gasteiger partial charge on any atom is -0.476 e. The van der Waals surface area contributed by atoms with Crippen molar-refractivity contribution >= 4 is 18.4 Å². The Morgan fingerprint density at radius 3 is 2.69 bits per heavy atom. The molecule has 5 heteroatoms. The highest BCUT2D eigenvalue weighted by molar-refractivity contribution is 5.87. The van der Waals surface area contributed by atoms with Gasteiger partial charge >= 0.3 is 5.97 Å². The summed E-state index contributed by atoms with van der Waals surface area (Å²) in [4.78, 5) is 15.3. The highest BCUT2D eigenvalue weighted by Crippen LogP contribution is 2.25. The third kappa shape index (κ3) is 2.07. The minimum absolute atomic E-state index is 0. The maximum absolute atomic E-state index is 11.1. The highest BCUT2D eigenvalue weighted by Gasteiger charge is 2.24. The predicted octanol–water partition coefficient (Wildman–Crippen LogP) is 2.46. The van der Waals surface area contributed by atoms with Gasteiger partial charge in [-0.25, -0.2) is 9.78 Å². The van der Waals surface area contributed by atoms with Gasteiger partial charge in [-0.05, 0) is 18.8 Å². The molecular formula is C11H17ClN2O2. The van der Waals surface area contributed by atoms with E-state index in [4.69, 9.17) is 5.11 Å². The number of aromatic carboxylic acids is 1. The van der Waals surface area contributed by atoms with Crippen molar-refractivity contribution in [3.05, 3.63) is 17.2 Å². The summed E-state index contributed by atoms with van der Waals surface area (Å²) in [6.07, 6.45) is 3.16. The van der Waals surface area contributed by atoms with Crippen molar-refractivity contribution in [2.45, 2.75) is 45.6 Å². The van der Waals surface area contributed by atoms with Crippen LogP contribution in [0.2, 0.25) is 0 Å². The van der Waals surface area contributed by atoms with E-state index in [1.165, 1.54) is 0 Å². The molecule has 0 bridgehead atoms. The fourth-order valence-electron chi connectivity index (χ4n) is 2.25. The maximum atomic E-state index is 11.1. The second-order valence-corrected chi connectivity index (χ2v) is 4.33. The largest absolute Gasteiger partial charge is 0.476 e. The van der Waals surface area contributed by atoms with Crippen molar-refractivity contribution in [2.75, 3.05) is 0 Å². The van der Waals surface area contributed by atoms with E-state index in [0.717, 1.165) is 37.3 Å². The molecule has 0 aromatic carbocycles. The second-order valence-electron chi connectivity index (χ2n) is 4.33. The molecule has 0 fully saturated rings. The number of halogens is 1. The van der Waals surface area contributed by atoms with E-state index in [2.05, 4.69) is 9.55 Å². The van der Waals surface area contributed by atoms with Gasteiger partial charge < -0.3 is 9.67 Å². The van der Waals surface area contributed by atoms with E-state index in [9.17, 15) is 4.79 Å². The summed E-state index contributed by atoms with van der Waals surface area (Å²) in [5.74, 6) is 0.262. The topological polar surface area (TPSA) is 55.1 Å². The molecule has 1 aromatic rings. The number of imidazole rings is 1. The second kappa shape index (κ2) is 4.87. The van der Waals surface area contributed by atoms with Gasteiger partial charge in [0, 0.05) is 13.0 Å². The van der Waals surface area contributed by atoms with E-state index >= 15 is 0 Å².